The topological polar surface area (TPSA) is 146 Å². The van der Waals surface area contributed by atoms with E-state index in [1.54, 1.807) is 36.9 Å². The third-order valence-corrected chi connectivity index (χ3v) is 6.44. The maximum atomic E-state index is 13.6. The zero-order valence-corrected chi connectivity index (χ0v) is 21.9. The Morgan fingerprint density at radius 3 is 2.51 bits per heavy atom. The predicted octanol–water partition coefficient (Wildman–Crippen LogP) is 1.37. The van der Waals surface area contributed by atoms with Crippen molar-refractivity contribution in [2.45, 2.75) is 32.4 Å². The van der Waals surface area contributed by atoms with Crippen molar-refractivity contribution in [1.82, 2.24) is 25.1 Å². The van der Waals surface area contributed by atoms with E-state index in [2.05, 4.69) is 15.6 Å². The number of benzene rings is 1. The lowest BCUT2D eigenvalue weighted by Gasteiger charge is -2.27. The van der Waals surface area contributed by atoms with Crippen molar-refractivity contribution in [1.29, 1.82) is 0 Å². The molecule has 1 saturated heterocycles. The quantitative estimate of drug-likeness (QED) is 0.337. The van der Waals surface area contributed by atoms with Gasteiger partial charge in [0.15, 0.2) is 5.75 Å². The van der Waals surface area contributed by atoms with Gasteiger partial charge >= 0.3 is 6.03 Å². The minimum absolute atomic E-state index is 0.00293. The number of nitrogens with one attached hydrogen (secondary N) is 2. The molecule has 3 heterocycles. The third-order valence-electron chi connectivity index (χ3n) is 6.44. The molecule has 4 N–H and O–H groups in total. The maximum absolute atomic E-state index is 13.6. The fourth-order valence-electron chi connectivity index (χ4n) is 4.27. The fourth-order valence-corrected chi connectivity index (χ4v) is 4.27. The molecule has 0 spiro atoms. The number of amides is 3. The molecular weight excluding hydrogens is 509 g/mol. The zero-order valence-electron chi connectivity index (χ0n) is 21.9. The minimum atomic E-state index is -1.05. The number of fused-ring (bicyclic) bond motifs is 1. The van der Waals surface area contributed by atoms with E-state index in [1.807, 2.05) is 0 Å². The van der Waals surface area contributed by atoms with Gasteiger partial charge in [-0.25, -0.2) is 9.18 Å². The van der Waals surface area contributed by atoms with Gasteiger partial charge in [-0.15, -0.1) is 0 Å². The lowest BCUT2D eigenvalue weighted by Crippen LogP contribution is -2.48. The number of nitrogens with zero attached hydrogens (tertiary/aromatic N) is 3. The first-order valence-corrected chi connectivity index (χ1v) is 12.6. The molecular formula is C27H32FN5O6. The van der Waals surface area contributed by atoms with Gasteiger partial charge < -0.3 is 35.1 Å². The molecule has 3 aromatic rings. The Labute approximate surface area is 224 Å². The summed E-state index contributed by atoms with van der Waals surface area (Å²) < 4.78 is 19.9. The normalized spacial score (nSPS) is 13.9. The maximum Gasteiger partial charge on any atom is 0.317 e. The van der Waals surface area contributed by atoms with Crippen molar-refractivity contribution < 1.29 is 28.9 Å². The van der Waals surface area contributed by atoms with E-state index in [0.29, 0.717) is 38.3 Å². The number of carbonyl (C=O) groups is 2. The van der Waals surface area contributed by atoms with E-state index in [1.165, 1.54) is 22.9 Å². The number of aliphatic hydroxyl groups excluding tert-OH is 1. The summed E-state index contributed by atoms with van der Waals surface area (Å²) >= 11 is 0. The van der Waals surface area contributed by atoms with Gasteiger partial charge in [0, 0.05) is 32.4 Å². The van der Waals surface area contributed by atoms with Crippen molar-refractivity contribution >= 4 is 23.0 Å². The molecule has 0 atom stereocenters. The van der Waals surface area contributed by atoms with E-state index < -0.39 is 28.3 Å². The molecule has 0 saturated carbocycles. The summed E-state index contributed by atoms with van der Waals surface area (Å²) in [7, 11) is 0. The number of aromatic hydroxyl groups is 1. The SMILES string of the molecule is CC(C)(CO)NC(=O)c1c(O)c2ncc(Cc3ccc(F)cc3)cc2n(CCNC(=O)N2CCOCC2)c1=O. The molecule has 0 unspecified atom stereocenters. The van der Waals surface area contributed by atoms with E-state index in [4.69, 9.17) is 4.74 Å². The summed E-state index contributed by atoms with van der Waals surface area (Å²) in [4.78, 5) is 45.1. The van der Waals surface area contributed by atoms with Crippen LogP contribution in [0.15, 0.2) is 41.3 Å². The summed E-state index contributed by atoms with van der Waals surface area (Å²) in [5.74, 6) is -1.80. The fraction of sp³-hybridized carbons (Fsp3) is 0.407. The lowest BCUT2D eigenvalue weighted by atomic mass is 10.0. The highest BCUT2D eigenvalue weighted by atomic mass is 19.1. The highest BCUT2D eigenvalue weighted by molar-refractivity contribution is 6.01. The second kappa shape index (κ2) is 11.8. The van der Waals surface area contributed by atoms with Gasteiger partial charge in [0.25, 0.3) is 11.5 Å². The number of hydrogen-bond acceptors (Lipinski definition) is 7. The second-order valence-corrected chi connectivity index (χ2v) is 10.0. The first kappa shape index (κ1) is 28.0. The number of rotatable bonds is 8. The average molecular weight is 542 g/mol. The molecule has 0 radical (unpaired) electrons. The van der Waals surface area contributed by atoms with Crippen LogP contribution in [0.4, 0.5) is 9.18 Å². The van der Waals surface area contributed by atoms with Crippen LogP contribution < -0.4 is 16.2 Å². The first-order chi connectivity index (χ1) is 18.6. The monoisotopic (exact) mass is 541 g/mol. The van der Waals surface area contributed by atoms with Crippen molar-refractivity contribution in [3.8, 4) is 5.75 Å². The lowest BCUT2D eigenvalue weighted by molar-refractivity contribution is 0.0532. The van der Waals surface area contributed by atoms with Gasteiger partial charge in [-0.05, 0) is 49.6 Å². The average Bonchev–Trinajstić information content (AvgIpc) is 2.92. The molecule has 1 aromatic carbocycles. The molecule has 12 heteroatoms. The Kier molecular flexibility index (Phi) is 8.46. The van der Waals surface area contributed by atoms with Crippen LogP contribution in [-0.2, 0) is 17.7 Å². The molecule has 2 aromatic heterocycles. The summed E-state index contributed by atoms with van der Waals surface area (Å²) in [6, 6.07) is 7.36. The van der Waals surface area contributed by atoms with Gasteiger partial charge in [0.05, 0.1) is 30.9 Å². The van der Waals surface area contributed by atoms with Crippen LogP contribution in [0.5, 0.6) is 5.75 Å². The van der Waals surface area contributed by atoms with Crippen molar-refractivity contribution in [2.24, 2.45) is 0 Å². The number of aliphatic hydroxyl groups is 1. The number of urea groups is 1. The highest BCUT2D eigenvalue weighted by Crippen LogP contribution is 2.26. The largest absolute Gasteiger partial charge is 0.505 e. The second-order valence-electron chi connectivity index (χ2n) is 10.0. The Hall–Kier alpha value is -4.03. The number of carbonyl (C=O) groups excluding carboxylic acids is 2. The Bertz CT molecular complexity index is 1420. The van der Waals surface area contributed by atoms with Crippen LogP contribution in [0.3, 0.4) is 0 Å². The van der Waals surface area contributed by atoms with Crippen LogP contribution in [0.25, 0.3) is 11.0 Å². The van der Waals surface area contributed by atoms with Gasteiger partial charge in [0.2, 0.25) is 0 Å². The zero-order chi connectivity index (χ0) is 28.2. The molecule has 1 fully saturated rings. The van der Waals surface area contributed by atoms with E-state index in [-0.39, 0.29) is 42.6 Å². The minimum Gasteiger partial charge on any atom is -0.505 e. The van der Waals surface area contributed by atoms with Gasteiger partial charge in [-0.3, -0.25) is 14.6 Å². The standard InChI is InChI=1S/C27H32FN5O6/c1-27(2,16-34)31-24(36)21-23(35)22-20(14-18(15-30-22)13-17-3-5-19(28)6-4-17)33(25(21)37)8-7-29-26(38)32-9-11-39-12-10-32/h3-6,14-15,34-35H,7-13,16H2,1-2H3,(H,29,38)(H,31,36). The number of ether oxygens (including phenoxy) is 1. The Morgan fingerprint density at radius 2 is 1.85 bits per heavy atom. The summed E-state index contributed by atoms with van der Waals surface area (Å²) in [5.41, 5.74) is -0.517. The van der Waals surface area contributed by atoms with E-state index >= 15 is 0 Å². The number of morpholine rings is 1. The molecule has 0 aliphatic carbocycles. The Balaban J connectivity index is 1.70. The van der Waals surface area contributed by atoms with Gasteiger partial charge in [-0.2, -0.15) is 0 Å². The van der Waals surface area contributed by atoms with Gasteiger partial charge in [0.1, 0.15) is 16.9 Å². The Morgan fingerprint density at radius 1 is 1.15 bits per heavy atom. The summed E-state index contributed by atoms with van der Waals surface area (Å²) in [6.07, 6.45) is 1.90. The van der Waals surface area contributed by atoms with Crippen LogP contribution in [0, 0.1) is 5.82 Å². The molecule has 1 aliphatic rings. The van der Waals surface area contributed by atoms with Crippen LogP contribution in [0.2, 0.25) is 0 Å². The van der Waals surface area contributed by atoms with E-state index in [9.17, 15) is 29.0 Å². The summed E-state index contributed by atoms with van der Waals surface area (Å²) in [5, 5.41) is 25.8. The summed E-state index contributed by atoms with van der Waals surface area (Å²) in [6.45, 7) is 4.62. The van der Waals surface area contributed by atoms with Crippen molar-refractivity contribution in [3.05, 3.63) is 69.4 Å². The van der Waals surface area contributed by atoms with Crippen LogP contribution in [0.1, 0.15) is 35.3 Å². The molecule has 208 valence electrons. The molecule has 39 heavy (non-hydrogen) atoms. The molecule has 11 nitrogen and oxygen atoms in total. The smallest absolute Gasteiger partial charge is 0.317 e. The molecule has 0 bridgehead atoms. The third kappa shape index (κ3) is 6.52. The predicted molar refractivity (Wildman–Crippen MR) is 141 cm³/mol. The van der Waals surface area contributed by atoms with Crippen LogP contribution in [-0.4, -0.2) is 81.6 Å². The number of aromatic nitrogens is 2. The van der Waals surface area contributed by atoms with Crippen LogP contribution >= 0.6 is 0 Å². The number of hydrogen-bond donors (Lipinski definition) is 4. The number of halogens is 1. The first-order valence-electron chi connectivity index (χ1n) is 12.6. The number of pyridine rings is 2. The van der Waals surface area contributed by atoms with Crippen molar-refractivity contribution in [3.63, 3.8) is 0 Å². The van der Waals surface area contributed by atoms with Crippen molar-refractivity contribution in [2.75, 3.05) is 39.5 Å². The molecule has 4 rings (SSSR count). The van der Waals surface area contributed by atoms with Gasteiger partial charge in [-0.1, -0.05) is 12.1 Å². The molecule has 1 aliphatic heterocycles. The molecule has 3 amide bonds. The van der Waals surface area contributed by atoms with E-state index in [0.717, 1.165) is 5.56 Å². The highest BCUT2D eigenvalue weighted by Gasteiger charge is 2.28.